The lowest BCUT2D eigenvalue weighted by molar-refractivity contribution is -0.161. The lowest BCUT2D eigenvalue weighted by Gasteiger charge is -2.39. The zero-order valence-electron chi connectivity index (χ0n) is 27.4. The molecule has 47 heavy (non-hydrogen) atoms. The van der Waals surface area contributed by atoms with Crippen molar-refractivity contribution in [2.45, 2.75) is 76.3 Å². The van der Waals surface area contributed by atoms with Gasteiger partial charge in [0.15, 0.2) is 0 Å². The van der Waals surface area contributed by atoms with Crippen LogP contribution in [0.1, 0.15) is 55.4 Å². The first-order valence-corrected chi connectivity index (χ1v) is 16.3. The summed E-state index contributed by atoms with van der Waals surface area (Å²) in [6, 6.07) is 13.1. The van der Waals surface area contributed by atoms with E-state index < -0.39 is 53.6 Å². The molecule has 3 saturated heterocycles. The van der Waals surface area contributed by atoms with Gasteiger partial charge in [-0.25, -0.2) is 0 Å². The fourth-order valence-corrected chi connectivity index (χ4v) is 7.64. The molecule has 3 aliphatic heterocycles. The summed E-state index contributed by atoms with van der Waals surface area (Å²) >= 11 is 0. The number of aryl methyl sites for hydroxylation is 2. The van der Waals surface area contributed by atoms with Gasteiger partial charge in [0, 0.05) is 18.7 Å². The Hall–Kier alpha value is -4.28. The predicted octanol–water partition coefficient (Wildman–Crippen LogP) is 3.94. The zero-order chi connectivity index (χ0) is 33.9. The lowest BCUT2D eigenvalue weighted by atomic mass is 9.70. The van der Waals surface area contributed by atoms with Crippen LogP contribution >= 0.6 is 0 Å². The molecule has 3 amide bonds. The normalized spacial score (nSPS) is 25.5. The Labute approximate surface area is 276 Å². The Morgan fingerprint density at radius 2 is 1.83 bits per heavy atom. The molecule has 0 aliphatic carbocycles. The number of rotatable bonds is 14. The predicted molar refractivity (Wildman–Crippen MR) is 177 cm³/mol. The number of para-hydroxylation sites is 1. The van der Waals surface area contributed by atoms with Crippen molar-refractivity contribution in [3.63, 3.8) is 0 Å². The first kappa shape index (κ1) is 34.1. The topological polar surface area (TPSA) is 125 Å². The Bertz CT molecular complexity index is 1510. The maximum Gasteiger partial charge on any atom is 0.313 e. The smallest absolute Gasteiger partial charge is 0.313 e. The van der Waals surface area contributed by atoms with Gasteiger partial charge in [0.05, 0.1) is 37.1 Å². The summed E-state index contributed by atoms with van der Waals surface area (Å²) in [6.45, 7) is 13.0. The molecule has 0 aromatic heterocycles. The molecule has 0 radical (unpaired) electrons. The lowest BCUT2D eigenvalue weighted by Crippen LogP contribution is -2.58. The average Bonchev–Trinajstić information content (AvgIpc) is 3.72. The summed E-state index contributed by atoms with van der Waals surface area (Å²) in [5, 5.41) is 13.1. The third kappa shape index (κ3) is 6.24. The van der Waals surface area contributed by atoms with Gasteiger partial charge in [-0.15, -0.1) is 13.2 Å². The number of amides is 3. The van der Waals surface area contributed by atoms with E-state index in [1.54, 1.807) is 24.0 Å². The summed E-state index contributed by atoms with van der Waals surface area (Å²) in [4.78, 5) is 58.8. The summed E-state index contributed by atoms with van der Waals surface area (Å²) in [5.74, 6) is -3.51. The number of aliphatic hydroxyl groups excluding tert-OH is 1. The highest BCUT2D eigenvalue weighted by Crippen LogP contribution is 2.59. The molecular formula is C37H45N3O7. The van der Waals surface area contributed by atoms with E-state index >= 15 is 0 Å². The van der Waals surface area contributed by atoms with Crippen LogP contribution in [0.15, 0.2) is 73.8 Å². The molecular weight excluding hydrogens is 598 g/mol. The number of hydrogen-bond acceptors (Lipinski definition) is 7. The van der Waals surface area contributed by atoms with E-state index in [9.17, 15) is 24.3 Å². The highest BCUT2D eigenvalue weighted by atomic mass is 16.6. The molecule has 5 rings (SSSR count). The zero-order valence-corrected chi connectivity index (χ0v) is 27.4. The second-order valence-corrected chi connectivity index (χ2v) is 12.8. The van der Waals surface area contributed by atoms with Crippen molar-refractivity contribution < 1.29 is 33.8 Å². The molecule has 7 atom stereocenters. The van der Waals surface area contributed by atoms with Crippen molar-refractivity contribution in [3.8, 4) is 0 Å². The van der Waals surface area contributed by atoms with Crippen LogP contribution in [-0.2, 0) is 28.7 Å². The fraction of sp³-hybridized carbons (Fsp3) is 0.459. The van der Waals surface area contributed by atoms with Crippen molar-refractivity contribution in [3.05, 3.63) is 90.5 Å². The largest absolute Gasteiger partial charge is 0.455 e. The van der Waals surface area contributed by atoms with Crippen molar-refractivity contribution in [2.24, 2.45) is 11.8 Å². The number of nitrogens with one attached hydrogen (secondary N) is 1. The molecule has 0 saturated carbocycles. The Balaban J connectivity index is 1.48. The van der Waals surface area contributed by atoms with Gasteiger partial charge in [0.25, 0.3) is 5.91 Å². The first-order chi connectivity index (χ1) is 22.6. The third-order valence-corrected chi connectivity index (χ3v) is 9.76. The standard InChI is InChI=1S/C37H45N3O7/c1-6-8-17-29(42)38-21-28(26-15-10-9-11-16-26)46-36(45)30-27-18-19-37(47-27)31(30)34(43)40(25(5)22-41)33(37)35(44)39(20-7-2)32-23(3)13-12-14-24(32)4/h6-7,9-16,25,27-28,30-31,33,41H,1-2,8,17-22H2,3-5H3,(H,38,42)/t25-,27+,28+,30-,31-,33+,37-/m1/s1. The number of fused-ring (bicyclic) bond motifs is 1. The van der Waals surface area contributed by atoms with E-state index in [0.29, 0.717) is 24.8 Å². The minimum absolute atomic E-state index is 0.0504. The first-order valence-electron chi connectivity index (χ1n) is 16.3. The van der Waals surface area contributed by atoms with Crippen LogP contribution in [0.5, 0.6) is 0 Å². The monoisotopic (exact) mass is 643 g/mol. The maximum absolute atomic E-state index is 14.8. The van der Waals surface area contributed by atoms with Crippen LogP contribution in [0.2, 0.25) is 0 Å². The Morgan fingerprint density at radius 3 is 2.47 bits per heavy atom. The maximum atomic E-state index is 14.8. The van der Waals surface area contributed by atoms with E-state index in [1.165, 1.54) is 4.90 Å². The summed E-state index contributed by atoms with van der Waals surface area (Å²) < 4.78 is 12.7. The van der Waals surface area contributed by atoms with Crippen LogP contribution in [0.25, 0.3) is 0 Å². The molecule has 0 unspecified atom stereocenters. The molecule has 10 heteroatoms. The number of nitrogens with zero attached hydrogens (tertiary/aromatic N) is 2. The second kappa shape index (κ2) is 14.2. The minimum atomic E-state index is -1.27. The number of carbonyl (C=O) groups is 4. The molecule has 2 aromatic carbocycles. The molecule has 3 aliphatic rings. The van der Waals surface area contributed by atoms with Gasteiger partial charge < -0.3 is 29.7 Å². The van der Waals surface area contributed by atoms with E-state index in [0.717, 1.165) is 16.8 Å². The van der Waals surface area contributed by atoms with Gasteiger partial charge in [0.1, 0.15) is 17.7 Å². The molecule has 2 N–H and O–H groups in total. The van der Waals surface area contributed by atoms with Gasteiger partial charge in [-0.05, 0) is 56.7 Å². The number of benzene rings is 2. The molecule has 3 fully saturated rings. The molecule has 10 nitrogen and oxygen atoms in total. The van der Waals surface area contributed by atoms with Crippen LogP contribution in [0.4, 0.5) is 5.69 Å². The third-order valence-electron chi connectivity index (χ3n) is 9.76. The Kier molecular flexibility index (Phi) is 10.3. The number of esters is 1. The highest BCUT2D eigenvalue weighted by Gasteiger charge is 2.75. The van der Waals surface area contributed by atoms with Gasteiger partial charge in [-0.1, -0.05) is 60.7 Å². The van der Waals surface area contributed by atoms with Crippen molar-refractivity contribution in [1.82, 2.24) is 10.2 Å². The molecule has 1 spiro atoms. The Morgan fingerprint density at radius 1 is 1.13 bits per heavy atom. The molecule has 2 bridgehead atoms. The van der Waals surface area contributed by atoms with E-state index in [-0.39, 0.29) is 37.9 Å². The summed E-state index contributed by atoms with van der Waals surface area (Å²) in [5.41, 5.74) is 1.93. The molecule has 3 heterocycles. The number of anilines is 1. The molecule has 250 valence electrons. The quantitative estimate of drug-likeness (QED) is 0.236. The number of carbonyl (C=O) groups excluding carboxylic acids is 4. The van der Waals surface area contributed by atoms with Crippen molar-refractivity contribution >= 4 is 29.4 Å². The fourth-order valence-electron chi connectivity index (χ4n) is 7.64. The van der Waals surface area contributed by atoms with E-state index in [2.05, 4.69) is 18.5 Å². The minimum Gasteiger partial charge on any atom is -0.455 e. The summed E-state index contributed by atoms with van der Waals surface area (Å²) in [6.07, 6.45) is 3.52. The van der Waals surface area contributed by atoms with E-state index in [4.69, 9.17) is 9.47 Å². The molecule has 2 aromatic rings. The number of likely N-dealkylation sites (tertiary alicyclic amines) is 1. The van der Waals surface area contributed by atoms with Crippen molar-refractivity contribution in [1.29, 1.82) is 0 Å². The number of ether oxygens (including phenoxy) is 2. The summed E-state index contributed by atoms with van der Waals surface area (Å²) in [7, 11) is 0. The second-order valence-electron chi connectivity index (χ2n) is 12.8. The number of allylic oxidation sites excluding steroid dienone is 1. The van der Waals surface area contributed by atoms with Gasteiger partial charge in [-0.3, -0.25) is 19.2 Å². The number of aliphatic hydroxyl groups is 1. The highest BCUT2D eigenvalue weighted by molar-refractivity contribution is 6.05. The van der Waals surface area contributed by atoms with Crippen LogP contribution in [0.3, 0.4) is 0 Å². The van der Waals surface area contributed by atoms with Gasteiger partial charge in [-0.2, -0.15) is 0 Å². The average molecular weight is 644 g/mol. The number of hydrogen-bond donors (Lipinski definition) is 2. The van der Waals surface area contributed by atoms with Crippen LogP contribution in [-0.4, -0.2) is 77.2 Å². The van der Waals surface area contributed by atoms with Gasteiger partial charge >= 0.3 is 5.97 Å². The SMILES string of the molecule is C=CCCC(=O)NC[C@H](OC(=O)[C@@H]1[C@@H]2CC[C@]3(O2)[C@H](C(=O)N(CC=C)c2c(C)cccc2C)N([C@H](C)CO)C(=O)[C@@H]13)c1ccccc1. The van der Waals surface area contributed by atoms with Crippen molar-refractivity contribution in [2.75, 3.05) is 24.6 Å². The van der Waals surface area contributed by atoms with Crippen LogP contribution in [0, 0.1) is 25.7 Å². The van der Waals surface area contributed by atoms with Gasteiger partial charge in [0.2, 0.25) is 11.8 Å². The van der Waals surface area contributed by atoms with Crippen LogP contribution < -0.4 is 10.2 Å². The van der Waals surface area contributed by atoms with E-state index in [1.807, 2.05) is 62.4 Å².